The molecule has 150 valence electrons. The van der Waals surface area contributed by atoms with Crippen molar-refractivity contribution in [2.75, 3.05) is 18.1 Å². The van der Waals surface area contributed by atoms with Crippen LogP contribution < -0.4 is 15.6 Å². The molecule has 0 radical (unpaired) electrons. The Bertz CT molecular complexity index is 1010. The predicted molar refractivity (Wildman–Crippen MR) is 109 cm³/mol. The van der Waals surface area contributed by atoms with Gasteiger partial charge in [0, 0.05) is 30.6 Å². The van der Waals surface area contributed by atoms with Gasteiger partial charge in [-0.1, -0.05) is 0 Å². The normalized spacial score (nSPS) is 15.9. The van der Waals surface area contributed by atoms with E-state index in [9.17, 15) is 9.59 Å². The van der Waals surface area contributed by atoms with Gasteiger partial charge in [-0.3, -0.25) is 9.59 Å². The minimum Gasteiger partial charge on any atom is -0.473 e. The minimum atomic E-state index is -0.268. The van der Waals surface area contributed by atoms with E-state index in [1.54, 1.807) is 36.6 Å². The Labute approximate surface area is 171 Å². The summed E-state index contributed by atoms with van der Waals surface area (Å²) in [7, 11) is 0. The first-order chi connectivity index (χ1) is 14.2. The molecule has 0 aromatic carbocycles. The summed E-state index contributed by atoms with van der Waals surface area (Å²) in [6.07, 6.45) is 4.25. The maximum absolute atomic E-state index is 12.3. The van der Waals surface area contributed by atoms with E-state index in [4.69, 9.17) is 9.15 Å². The second-order valence-corrected chi connectivity index (χ2v) is 7.65. The molecule has 29 heavy (non-hydrogen) atoms. The van der Waals surface area contributed by atoms with E-state index < -0.39 is 0 Å². The second-order valence-electron chi connectivity index (χ2n) is 6.50. The summed E-state index contributed by atoms with van der Waals surface area (Å²) in [5.41, 5.74) is 0.743. The van der Waals surface area contributed by atoms with Gasteiger partial charge in [-0.2, -0.15) is 16.9 Å². The van der Waals surface area contributed by atoms with Gasteiger partial charge in [0.2, 0.25) is 5.88 Å². The average molecular weight is 412 g/mol. The van der Waals surface area contributed by atoms with E-state index in [1.807, 2.05) is 11.8 Å². The number of thioether (sulfide) groups is 1. The monoisotopic (exact) mass is 412 g/mol. The van der Waals surface area contributed by atoms with Gasteiger partial charge >= 0.3 is 0 Å². The Hall–Kier alpha value is -3.07. The third kappa shape index (κ3) is 4.86. The zero-order valence-electron chi connectivity index (χ0n) is 15.6. The van der Waals surface area contributed by atoms with Gasteiger partial charge < -0.3 is 14.5 Å². The molecule has 1 saturated heterocycles. The van der Waals surface area contributed by atoms with Crippen LogP contribution >= 0.6 is 11.8 Å². The van der Waals surface area contributed by atoms with Crippen LogP contribution in [0.4, 0.5) is 0 Å². The van der Waals surface area contributed by atoms with Gasteiger partial charge in [-0.15, -0.1) is 0 Å². The molecule has 1 unspecified atom stereocenters. The molecule has 0 aliphatic carbocycles. The van der Waals surface area contributed by atoms with Gasteiger partial charge in [-0.25, -0.2) is 9.67 Å². The molecule has 4 rings (SSSR count). The highest BCUT2D eigenvalue weighted by molar-refractivity contribution is 7.99. The number of carbonyl (C=O) groups excluding carboxylic acids is 1. The number of rotatable bonds is 7. The molecule has 1 atom stereocenters. The fraction of sp³-hybridized carbons (Fsp3) is 0.300. The van der Waals surface area contributed by atoms with Crippen LogP contribution in [-0.4, -0.2) is 44.8 Å². The lowest BCUT2D eigenvalue weighted by molar-refractivity contribution is 0.0951. The summed E-state index contributed by atoms with van der Waals surface area (Å²) in [6.45, 7) is 0.498. The van der Waals surface area contributed by atoms with E-state index in [0.717, 1.165) is 17.9 Å². The maximum Gasteiger partial charge on any atom is 0.266 e. The zero-order chi connectivity index (χ0) is 20.1. The number of ether oxygens (including phenoxy) is 1. The Balaban J connectivity index is 1.32. The van der Waals surface area contributed by atoms with Crippen molar-refractivity contribution >= 4 is 17.7 Å². The fourth-order valence-corrected chi connectivity index (χ4v) is 4.00. The number of aromatic nitrogens is 3. The Morgan fingerprint density at radius 2 is 2.24 bits per heavy atom. The molecule has 9 heteroatoms. The van der Waals surface area contributed by atoms with Crippen LogP contribution in [0.5, 0.6) is 5.88 Å². The van der Waals surface area contributed by atoms with Crippen LogP contribution in [0.3, 0.4) is 0 Å². The molecule has 0 bridgehead atoms. The molecule has 0 saturated carbocycles. The molecule has 4 heterocycles. The van der Waals surface area contributed by atoms with Crippen LogP contribution in [0.1, 0.15) is 16.8 Å². The van der Waals surface area contributed by atoms with Crippen LogP contribution in [0.15, 0.2) is 58.1 Å². The number of hydrogen-bond acceptors (Lipinski definition) is 7. The molecule has 1 aliphatic rings. The van der Waals surface area contributed by atoms with E-state index in [2.05, 4.69) is 15.4 Å². The van der Waals surface area contributed by atoms with Crippen molar-refractivity contribution in [3.8, 4) is 17.3 Å². The lowest BCUT2D eigenvalue weighted by atomic mass is 10.2. The molecular formula is C20H20N4O4S. The lowest BCUT2D eigenvalue weighted by Gasteiger charge is -2.11. The third-order valence-corrected chi connectivity index (χ3v) is 5.56. The number of hydrogen-bond donors (Lipinski definition) is 1. The van der Waals surface area contributed by atoms with E-state index in [0.29, 0.717) is 22.9 Å². The number of furan rings is 1. The first-order valence-corrected chi connectivity index (χ1v) is 10.5. The maximum atomic E-state index is 12.3. The lowest BCUT2D eigenvalue weighted by Crippen LogP contribution is -2.32. The van der Waals surface area contributed by atoms with Gasteiger partial charge in [0.1, 0.15) is 11.8 Å². The van der Waals surface area contributed by atoms with E-state index in [1.165, 1.54) is 16.9 Å². The van der Waals surface area contributed by atoms with Crippen LogP contribution in [0.2, 0.25) is 0 Å². The number of pyridine rings is 1. The molecular weight excluding hydrogens is 392 g/mol. The molecule has 3 aromatic rings. The van der Waals surface area contributed by atoms with Crippen molar-refractivity contribution in [1.82, 2.24) is 20.1 Å². The highest BCUT2D eigenvalue weighted by Crippen LogP contribution is 2.22. The molecule has 1 fully saturated rings. The zero-order valence-corrected chi connectivity index (χ0v) is 16.4. The van der Waals surface area contributed by atoms with Crippen LogP contribution in [0, 0.1) is 0 Å². The summed E-state index contributed by atoms with van der Waals surface area (Å²) in [6, 6.07) is 9.95. The topological polar surface area (TPSA) is 99.2 Å². The van der Waals surface area contributed by atoms with Crippen molar-refractivity contribution in [1.29, 1.82) is 0 Å². The molecule has 1 amide bonds. The highest BCUT2D eigenvalue weighted by Gasteiger charge is 2.17. The number of nitrogens with one attached hydrogen (secondary N) is 1. The van der Waals surface area contributed by atoms with E-state index in [-0.39, 0.29) is 30.7 Å². The summed E-state index contributed by atoms with van der Waals surface area (Å²) in [5.74, 6) is 2.91. The quantitative estimate of drug-likeness (QED) is 0.635. The smallest absolute Gasteiger partial charge is 0.266 e. The molecule has 3 aromatic heterocycles. The van der Waals surface area contributed by atoms with Crippen molar-refractivity contribution in [3.05, 3.63) is 64.8 Å². The summed E-state index contributed by atoms with van der Waals surface area (Å²) >= 11 is 1.87. The molecule has 0 spiro atoms. The molecule has 1 N–H and O–H groups in total. The van der Waals surface area contributed by atoms with Crippen molar-refractivity contribution in [3.63, 3.8) is 0 Å². The van der Waals surface area contributed by atoms with Crippen molar-refractivity contribution in [2.45, 2.75) is 19.1 Å². The van der Waals surface area contributed by atoms with Crippen molar-refractivity contribution < 1.29 is 13.9 Å². The Kier molecular flexibility index (Phi) is 5.95. The first kappa shape index (κ1) is 19.3. The fourth-order valence-electron chi connectivity index (χ4n) is 2.90. The second kappa shape index (κ2) is 8.95. The Morgan fingerprint density at radius 1 is 1.31 bits per heavy atom. The molecule has 8 nitrogen and oxygen atoms in total. The van der Waals surface area contributed by atoms with Crippen LogP contribution in [0.25, 0.3) is 11.5 Å². The first-order valence-electron chi connectivity index (χ1n) is 9.30. The number of amides is 1. The van der Waals surface area contributed by atoms with Gasteiger partial charge in [0.15, 0.2) is 5.76 Å². The minimum absolute atomic E-state index is 0.190. The van der Waals surface area contributed by atoms with Crippen molar-refractivity contribution in [2.24, 2.45) is 0 Å². The third-order valence-electron chi connectivity index (χ3n) is 4.42. The van der Waals surface area contributed by atoms with Gasteiger partial charge in [0.25, 0.3) is 11.5 Å². The average Bonchev–Trinajstić information content (AvgIpc) is 3.44. The number of carbonyl (C=O) groups is 1. The predicted octanol–water partition coefficient (Wildman–Crippen LogP) is 2.21. The SMILES string of the molecule is O=C(NCCn1nc(-c2ccco2)ccc1=O)c1ccc(OC2CCSC2)nc1. The van der Waals surface area contributed by atoms with Gasteiger partial charge in [-0.05, 0) is 36.4 Å². The standard InChI is InChI=1S/C20H20N4O4S/c25-19-6-4-16(17-2-1-10-27-17)23-24(19)9-8-21-20(26)14-3-5-18(22-12-14)28-15-7-11-29-13-15/h1-6,10,12,15H,7-9,11,13H2,(H,21,26). The summed E-state index contributed by atoms with van der Waals surface area (Å²) in [5, 5.41) is 7.05. The highest BCUT2D eigenvalue weighted by atomic mass is 32.2. The number of nitrogens with zero attached hydrogens (tertiary/aromatic N) is 3. The summed E-state index contributed by atoms with van der Waals surface area (Å²) in [4.78, 5) is 28.5. The van der Waals surface area contributed by atoms with Crippen LogP contribution in [-0.2, 0) is 6.54 Å². The molecule has 1 aliphatic heterocycles. The van der Waals surface area contributed by atoms with Gasteiger partial charge in [0.05, 0.1) is 18.4 Å². The summed E-state index contributed by atoms with van der Waals surface area (Å²) < 4.78 is 12.4. The Morgan fingerprint density at radius 3 is 2.97 bits per heavy atom. The van der Waals surface area contributed by atoms with E-state index >= 15 is 0 Å². The largest absolute Gasteiger partial charge is 0.473 e.